The van der Waals surface area contributed by atoms with E-state index in [0.717, 1.165) is 5.56 Å². The summed E-state index contributed by atoms with van der Waals surface area (Å²) in [6, 6.07) is 16.3. The zero-order valence-electron chi connectivity index (χ0n) is 13.7. The third-order valence-corrected chi connectivity index (χ3v) is 4.62. The fraction of sp³-hybridized carbons (Fsp3) is 0.167. The molecule has 0 saturated carbocycles. The van der Waals surface area contributed by atoms with Crippen LogP contribution in [0.3, 0.4) is 0 Å². The average molecular weight is 358 g/mol. The van der Waals surface area contributed by atoms with Crippen molar-refractivity contribution in [2.75, 3.05) is 6.61 Å². The first-order valence-corrected chi connectivity index (χ1v) is 9.22. The molecule has 0 atom stereocenters. The summed E-state index contributed by atoms with van der Waals surface area (Å²) in [6.07, 6.45) is 2.73. The van der Waals surface area contributed by atoms with Crippen LogP contribution in [-0.4, -0.2) is 24.8 Å². The normalized spacial score (nSPS) is 11.2. The molecule has 0 amide bonds. The second-order valence-corrected chi connectivity index (χ2v) is 6.82. The van der Waals surface area contributed by atoms with Crippen molar-refractivity contribution in [1.29, 1.82) is 0 Å². The second-order valence-electron chi connectivity index (χ2n) is 5.28. The van der Waals surface area contributed by atoms with Crippen LogP contribution in [0.2, 0.25) is 0 Å². The van der Waals surface area contributed by atoms with E-state index in [-0.39, 0.29) is 10.6 Å². The Hall–Kier alpha value is -2.80. The predicted molar refractivity (Wildman–Crippen MR) is 93.2 cm³/mol. The summed E-state index contributed by atoms with van der Waals surface area (Å²) < 4.78 is 37.2. The van der Waals surface area contributed by atoms with Crippen molar-refractivity contribution in [2.24, 2.45) is 0 Å². The third kappa shape index (κ3) is 4.19. The molecule has 3 aromatic rings. The van der Waals surface area contributed by atoms with Gasteiger partial charge in [0.25, 0.3) is 0 Å². The molecule has 0 aliphatic carbocycles. The van der Waals surface area contributed by atoms with Crippen LogP contribution in [0.25, 0.3) is 0 Å². The van der Waals surface area contributed by atoms with Gasteiger partial charge in [0, 0.05) is 6.20 Å². The van der Waals surface area contributed by atoms with Gasteiger partial charge in [-0.3, -0.25) is 4.68 Å². The summed E-state index contributed by atoms with van der Waals surface area (Å²) in [5.74, 6) is 0.533. The summed E-state index contributed by atoms with van der Waals surface area (Å²) >= 11 is 0. The Kier molecular flexibility index (Phi) is 5.04. The van der Waals surface area contributed by atoms with Gasteiger partial charge >= 0.3 is 10.1 Å². The summed E-state index contributed by atoms with van der Waals surface area (Å²) in [6.45, 7) is 2.71. The van der Waals surface area contributed by atoms with Crippen LogP contribution in [0.1, 0.15) is 12.5 Å². The first-order valence-electron chi connectivity index (χ1n) is 7.81. The minimum absolute atomic E-state index is 0.00488. The van der Waals surface area contributed by atoms with Crippen LogP contribution in [-0.2, 0) is 16.7 Å². The molecular formula is C18H18N2O4S. The van der Waals surface area contributed by atoms with E-state index in [1.165, 1.54) is 12.4 Å². The lowest BCUT2D eigenvalue weighted by Gasteiger charge is -2.10. The van der Waals surface area contributed by atoms with Crippen LogP contribution in [0.5, 0.6) is 11.5 Å². The second kappa shape index (κ2) is 7.40. The van der Waals surface area contributed by atoms with Crippen molar-refractivity contribution < 1.29 is 17.3 Å². The Bertz CT molecular complexity index is 936. The molecule has 25 heavy (non-hydrogen) atoms. The topological polar surface area (TPSA) is 70.4 Å². The highest BCUT2D eigenvalue weighted by Gasteiger charge is 2.21. The van der Waals surface area contributed by atoms with Crippen molar-refractivity contribution in [3.8, 4) is 11.5 Å². The molecule has 0 radical (unpaired) electrons. The van der Waals surface area contributed by atoms with Crippen LogP contribution < -0.4 is 8.92 Å². The number of nitrogens with zero attached hydrogens (tertiary/aromatic N) is 2. The first-order chi connectivity index (χ1) is 12.1. The summed E-state index contributed by atoms with van der Waals surface area (Å²) in [5, 5.41) is 4.10. The Morgan fingerprint density at radius 2 is 1.68 bits per heavy atom. The van der Waals surface area contributed by atoms with Crippen molar-refractivity contribution >= 4 is 10.1 Å². The van der Waals surface area contributed by atoms with E-state index in [9.17, 15) is 8.42 Å². The third-order valence-electron chi connectivity index (χ3n) is 3.43. The van der Waals surface area contributed by atoms with Crippen LogP contribution in [0.15, 0.2) is 71.9 Å². The monoisotopic (exact) mass is 358 g/mol. The fourth-order valence-electron chi connectivity index (χ4n) is 2.29. The molecule has 0 unspecified atom stereocenters. The smallest absolute Gasteiger partial charge is 0.342 e. The van der Waals surface area contributed by atoms with Gasteiger partial charge in [0.15, 0.2) is 11.5 Å². The lowest BCUT2D eigenvalue weighted by atomic mass is 10.2. The van der Waals surface area contributed by atoms with Gasteiger partial charge in [-0.05, 0) is 24.6 Å². The lowest BCUT2D eigenvalue weighted by molar-refractivity contribution is 0.327. The number of aromatic nitrogens is 2. The van der Waals surface area contributed by atoms with Gasteiger partial charge in [0.05, 0.1) is 19.3 Å². The molecule has 6 nitrogen and oxygen atoms in total. The Morgan fingerprint density at radius 1 is 1.00 bits per heavy atom. The molecule has 1 heterocycles. The van der Waals surface area contributed by atoms with E-state index in [1.807, 2.05) is 37.3 Å². The zero-order valence-corrected chi connectivity index (χ0v) is 14.5. The molecule has 1 aromatic heterocycles. The Morgan fingerprint density at radius 3 is 2.40 bits per heavy atom. The maximum absolute atomic E-state index is 12.5. The van der Waals surface area contributed by atoms with Crippen LogP contribution in [0.4, 0.5) is 0 Å². The minimum atomic E-state index is -3.99. The standard InChI is InChI=1S/C18H18N2O4S/c1-2-23-17-10-6-7-11-18(17)24-25(21,22)16-12-19-20(14-16)13-15-8-4-3-5-9-15/h3-12,14H,2,13H2,1H3. The molecule has 0 saturated heterocycles. The molecule has 0 aliphatic rings. The number of rotatable bonds is 7. The number of para-hydroxylation sites is 2. The zero-order chi connectivity index (χ0) is 17.7. The summed E-state index contributed by atoms with van der Waals surface area (Å²) in [4.78, 5) is -0.00488. The Labute approximate surface area is 146 Å². The molecule has 0 aliphatic heterocycles. The minimum Gasteiger partial charge on any atom is -0.490 e. The van der Waals surface area contributed by atoms with Crippen LogP contribution >= 0.6 is 0 Å². The van der Waals surface area contributed by atoms with Crippen molar-refractivity contribution in [2.45, 2.75) is 18.4 Å². The van der Waals surface area contributed by atoms with Crippen LogP contribution in [0, 0.1) is 0 Å². The van der Waals surface area contributed by atoms with E-state index in [4.69, 9.17) is 8.92 Å². The first kappa shape index (κ1) is 17.0. The van der Waals surface area contributed by atoms with Gasteiger partial charge in [-0.15, -0.1) is 0 Å². The molecule has 0 N–H and O–H groups in total. The lowest BCUT2D eigenvalue weighted by Crippen LogP contribution is -2.10. The number of ether oxygens (including phenoxy) is 1. The van der Waals surface area contributed by atoms with Gasteiger partial charge in [-0.1, -0.05) is 42.5 Å². The highest BCUT2D eigenvalue weighted by atomic mass is 32.2. The average Bonchev–Trinajstić information content (AvgIpc) is 3.07. The van der Waals surface area contributed by atoms with Gasteiger partial charge in [0.1, 0.15) is 4.90 Å². The number of benzene rings is 2. The highest BCUT2D eigenvalue weighted by molar-refractivity contribution is 7.87. The molecule has 3 rings (SSSR count). The summed E-state index contributed by atoms with van der Waals surface area (Å²) in [5.41, 5.74) is 1.03. The number of hydrogen-bond donors (Lipinski definition) is 0. The summed E-state index contributed by atoms with van der Waals surface area (Å²) in [7, 11) is -3.99. The predicted octanol–water partition coefficient (Wildman–Crippen LogP) is 3.10. The van der Waals surface area contributed by atoms with Gasteiger partial charge in [-0.2, -0.15) is 13.5 Å². The van der Waals surface area contributed by atoms with Gasteiger partial charge in [0.2, 0.25) is 0 Å². The molecular weight excluding hydrogens is 340 g/mol. The maximum atomic E-state index is 12.5. The fourth-order valence-corrected chi connectivity index (χ4v) is 3.19. The highest BCUT2D eigenvalue weighted by Crippen LogP contribution is 2.29. The SMILES string of the molecule is CCOc1ccccc1OS(=O)(=O)c1cnn(Cc2ccccc2)c1. The molecule has 7 heteroatoms. The maximum Gasteiger partial charge on any atom is 0.342 e. The quantitative estimate of drug-likeness (QED) is 0.607. The largest absolute Gasteiger partial charge is 0.490 e. The molecule has 130 valence electrons. The van der Waals surface area contributed by atoms with Crippen molar-refractivity contribution in [1.82, 2.24) is 9.78 Å². The Balaban J connectivity index is 1.79. The van der Waals surface area contributed by atoms with Crippen molar-refractivity contribution in [3.63, 3.8) is 0 Å². The van der Waals surface area contributed by atoms with E-state index >= 15 is 0 Å². The molecule has 0 fully saturated rings. The molecule has 0 bridgehead atoms. The molecule has 2 aromatic carbocycles. The van der Waals surface area contributed by atoms with E-state index in [2.05, 4.69) is 5.10 Å². The van der Waals surface area contributed by atoms with Crippen molar-refractivity contribution in [3.05, 3.63) is 72.6 Å². The van der Waals surface area contributed by atoms with Gasteiger partial charge < -0.3 is 8.92 Å². The van der Waals surface area contributed by atoms with E-state index in [1.54, 1.807) is 28.9 Å². The van der Waals surface area contributed by atoms with Gasteiger partial charge in [-0.25, -0.2) is 0 Å². The molecule has 0 spiro atoms. The van der Waals surface area contributed by atoms with E-state index in [0.29, 0.717) is 18.9 Å². The van der Waals surface area contributed by atoms with E-state index < -0.39 is 10.1 Å². The number of hydrogen-bond acceptors (Lipinski definition) is 5.